The topological polar surface area (TPSA) is 0 Å². The van der Waals surface area contributed by atoms with Crippen LogP contribution in [0.15, 0.2) is 121 Å². The van der Waals surface area contributed by atoms with Gasteiger partial charge in [-0.15, -0.1) is 0 Å². The summed E-state index contributed by atoms with van der Waals surface area (Å²) in [6, 6.07) is 45.2. The van der Waals surface area contributed by atoms with Crippen molar-refractivity contribution in [3.8, 4) is 0 Å². The van der Waals surface area contributed by atoms with E-state index in [9.17, 15) is 0 Å². The van der Waals surface area contributed by atoms with E-state index in [0.29, 0.717) is 10.3 Å². The quantitative estimate of drug-likeness (QED) is 0.119. The van der Waals surface area contributed by atoms with Gasteiger partial charge in [-0.3, -0.25) is 0 Å². The van der Waals surface area contributed by atoms with Crippen LogP contribution in [0.25, 0.3) is 0 Å². The van der Waals surface area contributed by atoms with E-state index in [-0.39, 0.29) is 25.0 Å². The zero-order valence-corrected chi connectivity index (χ0v) is 36.7. The van der Waals surface area contributed by atoms with Gasteiger partial charge < -0.3 is 0 Å². The van der Waals surface area contributed by atoms with Gasteiger partial charge in [-0.1, -0.05) is 199 Å². The Bertz CT molecular complexity index is 1610. The van der Waals surface area contributed by atoms with Gasteiger partial charge in [-0.05, 0) is 98.4 Å². The van der Waals surface area contributed by atoms with E-state index in [1.54, 1.807) is 5.66 Å². The third-order valence-electron chi connectivity index (χ3n) is 10.2. The Morgan fingerprint density at radius 3 is 0.655 bits per heavy atom. The normalized spacial score (nSPS) is 16.7. The van der Waals surface area contributed by atoms with Gasteiger partial charge in [0.25, 0.3) is 0 Å². The molecule has 0 bridgehead atoms. The molecule has 2 aliphatic carbocycles. The Balaban J connectivity index is 0.000000329. The van der Waals surface area contributed by atoms with E-state index in [1.807, 2.05) is 0 Å². The third-order valence-corrected chi connectivity index (χ3v) is 13.7. The van der Waals surface area contributed by atoms with Crippen molar-refractivity contribution in [1.29, 1.82) is 0 Å². The molecule has 2 aliphatic rings. The van der Waals surface area contributed by atoms with Crippen molar-refractivity contribution >= 4 is 7.92 Å². The van der Waals surface area contributed by atoms with Gasteiger partial charge in [0.05, 0.1) is 0 Å². The van der Waals surface area contributed by atoms with Crippen LogP contribution in [0, 0.1) is 95.6 Å². The summed E-state index contributed by atoms with van der Waals surface area (Å²) in [5.41, 5.74) is 14.1. The zero-order chi connectivity index (χ0) is 38.8. The summed E-state index contributed by atoms with van der Waals surface area (Å²) in [7, 11) is -0.101. The first-order valence-corrected chi connectivity index (χ1v) is 20.7. The molecule has 0 aliphatic heterocycles. The van der Waals surface area contributed by atoms with Crippen LogP contribution in [0.4, 0.5) is 0 Å². The van der Waals surface area contributed by atoms with Gasteiger partial charge in [-0.2, -0.15) is 0 Å². The van der Waals surface area contributed by atoms with E-state index >= 15 is 0 Å². The first kappa shape index (κ1) is 43.2. The van der Waals surface area contributed by atoms with Gasteiger partial charge in [-0.25, -0.2) is 0 Å². The van der Waals surface area contributed by atoms with Crippen molar-refractivity contribution < 1.29 is 17.1 Å². The molecule has 2 fully saturated rings. The number of aryl methyl sites for hydroxylation is 5. The van der Waals surface area contributed by atoms with Gasteiger partial charge >= 0.3 is 0 Å². The second kappa shape index (κ2) is 18.1. The molecule has 5 aromatic rings. The maximum atomic E-state index is 2.36. The molecule has 0 saturated heterocycles. The molecule has 0 aromatic heterocycles. The zero-order valence-electron chi connectivity index (χ0n) is 34.7. The van der Waals surface area contributed by atoms with Crippen LogP contribution in [0.5, 0.6) is 0 Å². The monoisotopic (exact) mass is 780 g/mol. The second-order valence-electron chi connectivity index (χ2n) is 17.0. The number of rotatable bonds is 6. The fraction of sp³-hybridized carbons (Fsp3) is 0.245. The van der Waals surface area contributed by atoms with E-state index < -0.39 is 0 Å². The summed E-state index contributed by atoms with van der Waals surface area (Å²) in [4.78, 5) is 0. The van der Waals surface area contributed by atoms with Gasteiger partial charge in [0.2, 0.25) is 0 Å². The second-order valence-corrected chi connectivity index (χ2v) is 20.9. The molecule has 282 valence electrons. The van der Waals surface area contributed by atoms with Crippen LogP contribution >= 0.6 is 7.92 Å². The summed E-state index contributed by atoms with van der Waals surface area (Å²) in [5.74, 6) is 6.45. The molecule has 55 heavy (non-hydrogen) atoms. The summed E-state index contributed by atoms with van der Waals surface area (Å²) in [6.45, 7) is 24.9. The third kappa shape index (κ3) is 10.1. The van der Waals surface area contributed by atoms with Crippen LogP contribution in [0.2, 0.25) is 0 Å². The molecular formula is C53H57FeP. The summed E-state index contributed by atoms with van der Waals surface area (Å²) in [6.07, 6.45) is 8.87. The summed E-state index contributed by atoms with van der Waals surface area (Å²) in [5, 5.41) is 0.782. The summed E-state index contributed by atoms with van der Waals surface area (Å²) < 4.78 is 0. The van der Waals surface area contributed by atoms with Gasteiger partial charge in [0, 0.05) is 52.3 Å². The Morgan fingerprint density at radius 1 is 0.309 bits per heavy atom. The minimum absolute atomic E-state index is 0. The minimum atomic E-state index is -0.101. The largest absolute Gasteiger partial charge is 0.0877 e. The van der Waals surface area contributed by atoms with Crippen molar-refractivity contribution in [3.63, 3.8) is 0 Å². The van der Waals surface area contributed by atoms with Crippen molar-refractivity contribution in [3.05, 3.63) is 238 Å². The smallest absolute Gasteiger partial charge is 0.0299 e. The molecular weight excluding hydrogens is 723 g/mol. The summed E-state index contributed by atoms with van der Waals surface area (Å²) >= 11 is 0. The van der Waals surface area contributed by atoms with Crippen LogP contribution in [0.3, 0.4) is 0 Å². The predicted molar refractivity (Wildman–Crippen MR) is 234 cm³/mol. The number of benzene rings is 5. The van der Waals surface area contributed by atoms with Crippen LogP contribution in [-0.2, 0) is 17.1 Å². The fourth-order valence-corrected chi connectivity index (χ4v) is 12.0. The molecule has 0 unspecified atom stereocenters. The molecule has 0 heterocycles. The molecule has 0 spiro atoms. The van der Waals surface area contributed by atoms with Gasteiger partial charge in [0.15, 0.2) is 0 Å². The fourth-order valence-electron chi connectivity index (χ4n) is 7.96. The Morgan fingerprint density at radius 2 is 0.491 bits per heavy atom. The molecule has 2 saturated carbocycles. The van der Waals surface area contributed by atoms with Crippen LogP contribution < -0.4 is 0 Å². The molecule has 10 radical (unpaired) electrons. The van der Waals surface area contributed by atoms with Gasteiger partial charge in [0.1, 0.15) is 0 Å². The van der Waals surface area contributed by atoms with Crippen molar-refractivity contribution in [2.45, 2.75) is 86.5 Å². The van der Waals surface area contributed by atoms with E-state index in [1.165, 1.54) is 85.2 Å². The molecule has 0 nitrogen and oxygen atoms in total. The average Bonchev–Trinajstić information content (AvgIpc) is 3.76. The number of hydrogen-bond acceptors (Lipinski definition) is 0. The Hall–Kier alpha value is -2.95. The molecule has 0 N–H and O–H groups in total. The number of hydrogen-bond donors (Lipinski definition) is 0. The van der Waals surface area contributed by atoms with Crippen molar-refractivity contribution in [2.75, 3.05) is 0 Å². The molecule has 0 amide bonds. The van der Waals surface area contributed by atoms with E-state index in [4.69, 9.17) is 0 Å². The SMILES string of the molecule is CC(C)(C)P([C]1[CH][CH][CH][CH]1)C(C)(C)C.Cc1ccc([C]2[C](c3ccc(C)cc3)[C](c3ccc(C)cc3)[C](c3ccc(C)cc3)[C]2c2ccc(C)cc2)cc1.[Fe]. The molecule has 0 atom stereocenters. The van der Waals surface area contributed by atoms with Crippen LogP contribution in [-0.4, -0.2) is 10.3 Å². The maximum absolute atomic E-state index is 2.36. The maximum Gasteiger partial charge on any atom is 0.0299 e. The Labute approximate surface area is 347 Å². The first-order valence-electron chi connectivity index (χ1n) is 19.4. The van der Waals surface area contributed by atoms with E-state index in [2.05, 4.69) is 223 Å². The predicted octanol–water partition coefficient (Wildman–Crippen LogP) is 14.1. The first-order chi connectivity index (χ1) is 25.6. The molecule has 2 heteroatoms. The average molecular weight is 781 g/mol. The standard InChI is InChI=1S/C40H35.C13H22P.Fe/c1-26-6-16-31(17-7-26)36-37(32-18-8-27(2)9-19-32)39(34-22-12-29(4)13-23-34)40(35-24-14-30(5)15-25-35)38(36)33-20-10-28(3)11-21-33;1-12(2,3)14(13(4,5)6)11-9-7-8-10-11;/h6-25H,1-5H3;7-10H,1-6H3;. The minimum Gasteiger partial charge on any atom is -0.0877 e. The Kier molecular flexibility index (Phi) is 14.2. The van der Waals surface area contributed by atoms with Crippen molar-refractivity contribution in [2.24, 2.45) is 0 Å². The van der Waals surface area contributed by atoms with Crippen LogP contribution in [0.1, 0.15) is 97.2 Å². The molecule has 5 aromatic carbocycles. The molecule has 7 rings (SSSR count). The van der Waals surface area contributed by atoms with Crippen molar-refractivity contribution in [1.82, 2.24) is 0 Å². The van der Waals surface area contributed by atoms with E-state index in [0.717, 1.165) is 0 Å².